The maximum atomic E-state index is 11.5. The van der Waals surface area contributed by atoms with E-state index in [4.69, 9.17) is 4.74 Å². The van der Waals surface area contributed by atoms with Crippen LogP contribution in [0.1, 0.15) is 26.2 Å². The number of ether oxygens (including phenoxy) is 1. The highest BCUT2D eigenvalue weighted by Crippen LogP contribution is 2.07. The van der Waals surface area contributed by atoms with E-state index in [0.29, 0.717) is 6.61 Å². The molecule has 0 aromatic carbocycles. The molecule has 0 atom stereocenters. The number of nitrogens with one attached hydrogen (secondary N) is 1. The topological polar surface area (TPSA) is 58.6 Å². The van der Waals surface area contributed by atoms with E-state index in [1.165, 1.54) is 6.42 Å². The van der Waals surface area contributed by atoms with Crippen molar-refractivity contribution in [3.8, 4) is 0 Å². The van der Waals surface area contributed by atoms with Crippen molar-refractivity contribution in [1.82, 2.24) is 10.2 Å². The summed E-state index contributed by atoms with van der Waals surface area (Å²) in [6.45, 7) is 3.62. The molecule has 0 spiro atoms. The van der Waals surface area contributed by atoms with Crippen LogP contribution in [-0.2, 0) is 9.53 Å². The first-order valence-corrected chi connectivity index (χ1v) is 5.42. The van der Waals surface area contributed by atoms with Crippen LogP contribution in [0.4, 0.5) is 4.79 Å². The van der Waals surface area contributed by atoms with Gasteiger partial charge in [0.15, 0.2) is 0 Å². The molecule has 0 aromatic heterocycles. The molecule has 5 nitrogen and oxygen atoms in total. The van der Waals surface area contributed by atoms with E-state index in [1.54, 1.807) is 11.8 Å². The van der Waals surface area contributed by atoms with E-state index >= 15 is 0 Å². The molecule has 1 aliphatic rings. The van der Waals surface area contributed by atoms with Crippen LogP contribution < -0.4 is 5.32 Å². The lowest BCUT2D eigenvalue weighted by Crippen LogP contribution is -2.44. The van der Waals surface area contributed by atoms with Crippen molar-refractivity contribution in [2.24, 2.45) is 0 Å². The van der Waals surface area contributed by atoms with Gasteiger partial charge in [-0.3, -0.25) is 4.79 Å². The van der Waals surface area contributed by atoms with Crippen LogP contribution in [0.25, 0.3) is 0 Å². The quantitative estimate of drug-likeness (QED) is 0.705. The Morgan fingerprint density at radius 2 is 1.93 bits per heavy atom. The Morgan fingerprint density at radius 3 is 2.53 bits per heavy atom. The minimum absolute atomic E-state index is 0.0385. The smallest absolute Gasteiger partial charge is 0.325 e. The summed E-state index contributed by atoms with van der Waals surface area (Å²) in [7, 11) is 0. The zero-order valence-electron chi connectivity index (χ0n) is 9.12. The highest BCUT2D eigenvalue weighted by molar-refractivity contribution is 5.80. The van der Waals surface area contributed by atoms with Gasteiger partial charge in [0.25, 0.3) is 0 Å². The molecule has 0 radical (unpaired) electrons. The molecule has 1 N–H and O–H groups in total. The van der Waals surface area contributed by atoms with Crippen LogP contribution >= 0.6 is 0 Å². The number of rotatable bonds is 3. The number of urea groups is 1. The number of amides is 2. The maximum Gasteiger partial charge on any atom is 0.325 e. The lowest BCUT2D eigenvalue weighted by atomic mass is 10.1. The van der Waals surface area contributed by atoms with E-state index < -0.39 is 0 Å². The number of carbonyl (C=O) groups is 2. The second-order valence-electron chi connectivity index (χ2n) is 3.51. The van der Waals surface area contributed by atoms with Crippen LogP contribution in [0.2, 0.25) is 0 Å². The number of hydrogen-bond acceptors (Lipinski definition) is 3. The highest BCUT2D eigenvalue weighted by atomic mass is 16.5. The summed E-state index contributed by atoms with van der Waals surface area (Å²) in [4.78, 5) is 24.2. The van der Waals surface area contributed by atoms with Gasteiger partial charge >= 0.3 is 12.0 Å². The molecule has 0 unspecified atom stereocenters. The van der Waals surface area contributed by atoms with Crippen LogP contribution in [0.5, 0.6) is 0 Å². The van der Waals surface area contributed by atoms with Gasteiger partial charge in [-0.2, -0.15) is 0 Å². The first-order valence-electron chi connectivity index (χ1n) is 5.42. The van der Waals surface area contributed by atoms with Crippen molar-refractivity contribution in [2.45, 2.75) is 26.2 Å². The Balaban J connectivity index is 2.19. The summed E-state index contributed by atoms with van der Waals surface area (Å²) in [6, 6.07) is -0.164. The second-order valence-corrected chi connectivity index (χ2v) is 3.51. The van der Waals surface area contributed by atoms with Crippen molar-refractivity contribution in [3.05, 3.63) is 0 Å². The van der Waals surface area contributed by atoms with Crippen LogP contribution in [0.15, 0.2) is 0 Å². The molecule has 15 heavy (non-hydrogen) atoms. The minimum Gasteiger partial charge on any atom is -0.465 e. The third-order valence-corrected chi connectivity index (χ3v) is 2.33. The molecule has 1 fully saturated rings. The summed E-state index contributed by atoms with van der Waals surface area (Å²) < 4.78 is 4.71. The molecule has 86 valence electrons. The normalized spacial score (nSPS) is 15.9. The third kappa shape index (κ3) is 4.18. The summed E-state index contributed by atoms with van der Waals surface area (Å²) in [5, 5.41) is 2.55. The van der Waals surface area contributed by atoms with Crippen molar-refractivity contribution in [3.63, 3.8) is 0 Å². The van der Waals surface area contributed by atoms with Crippen LogP contribution in [-0.4, -0.2) is 43.1 Å². The van der Waals surface area contributed by atoms with E-state index in [1.807, 2.05) is 0 Å². The van der Waals surface area contributed by atoms with Crippen molar-refractivity contribution in [2.75, 3.05) is 26.2 Å². The van der Waals surface area contributed by atoms with Gasteiger partial charge in [-0.15, -0.1) is 0 Å². The lowest BCUT2D eigenvalue weighted by molar-refractivity contribution is -0.141. The first kappa shape index (κ1) is 11.8. The molecular formula is C10H18N2O3. The van der Waals surface area contributed by atoms with Gasteiger partial charge in [-0.05, 0) is 26.2 Å². The van der Waals surface area contributed by atoms with Crippen LogP contribution in [0.3, 0.4) is 0 Å². The Kier molecular flexibility index (Phi) is 4.93. The molecule has 1 aliphatic heterocycles. The first-order chi connectivity index (χ1) is 7.24. The predicted octanol–water partition coefficient (Wildman–Crippen LogP) is 0.745. The fraction of sp³-hybridized carbons (Fsp3) is 0.800. The summed E-state index contributed by atoms with van der Waals surface area (Å²) in [6.07, 6.45) is 3.28. The fourth-order valence-corrected chi connectivity index (χ4v) is 1.57. The van der Waals surface area contributed by atoms with E-state index in [2.05, 4.69) is 5.32 Å². The van der Waals surface area contributed by atoms with Crippen LogP contribution in [0, 0.1) is 0 Å². The van der Waals surface area contributed by atoms with Gasteiger partial charge < -0.3 is 15.0 Å². The Labute approximate surface area is 89.8 Å². The SMILES string of the molecule is CCOC(=O)CNC(=O)N1CCCCC1. The molecule has 1 rings (SSSR count). The van der Waals surface area contributed by atoms with Crippen molar-refractivity contribution < 1.29 is 14.3 Å². The molecule has 1 heterocycles. The Morgan fingerprint density at radius 1 is 1.27 bits per heavy atom. The van der Waals surface area contributed by atoms with Gasteiger partial charge in [-0.25, -0.2) is 4.79 Å². The lowest BCUT2D eigenvalue weighted by Gasteiger charge is -2.26. The maximum absolute atomic E-state index is 11.5. The molecule has 0 saturated carbocycles. The summed E-state index contributed by atoms with van der Waals surface area (Å²) in [5.41, 5.74) is 0. The predicted molar refractivity (Wildman–Crippen MR) is 55.5 cm³/mol. The number of likely N-dealkylation sites (tertiary alicyclic amines) is 1. The van der Waals surface area contributed by atoms with Gasteiger partial charge in [0.2, 0.25) is 0 Å². The zero-order chi connectivity index (χ0) is 11.1. The summed E-state index contributed by atoms with van der Waals surface area (Å²) in [5.74, 6) is -0.386. The number of hydrogen-bond donors (Lipinski definition) is 1. The molecule has 0 aromatic rings. The summed E-state index contributed by atoms with van der Waals surface area (Å²) >= 11 is 0. The van der Waals surface area contributed by atoms with Crippen molar-refractivity contribution >= 4 is 12.0 Å². The monoisotopic (exact) mass is 214 g/mol. The molecule has 0 aliphatic carbocycles. The number of nitrogens with zero attached hydrogens (tertiary/aromatic N) is 1. The molecular weight excluding hydrogens is 196 g/mol. The third-order valence-electron chi connectivity index (χ3n) is 2.33. The molecule has 0 bridgehead atoms. The molecule has 5 heteroatoms. The van der Waals surface area contributed by atoms with Crippen molar-refractivity contribution in [1.29, 1.82) is 0 Å². The van der Waals surface area contributed by atoms with E-state index in [9.17, 15) is 9.59 Å². The Bertz CT molecular complexity index is 225. The second kappa shape index (κ2) is 6.27. The number of piperidine rings is 1. The molecule has 1 saturated heterocycles. The highest BCUT2D eigenvalue weighted by Gasteiger charge is 2.16. The number of carbonyl (C=O) groups excluding carboxylic acids is 2. The Hall–Kier alpha value is -1.26. The number of esters is 1. The largest absolute Gasteiger partial charge is 0.465 e. The molecule has 2 amide bonds. The van der Waals surface area contributed by atoms with E-state index in [-0.39, 0.29) is 18.5 Å². The van der Waals surface area contributed by atoms with E-state index in [0.717, 1.165) is 25.9 Å². The zero-order valence-corrected chi connectivity index (χ0v) is 9.12. The standard InChI is InChI=1S/C10H18N2O3/c1-2-15-9(13)8-11-10(14)12-6-4-3-5-7-12/h2-8H2,1H3,(H,11,14). The average molecular weight is 214 g/mol. The van der Waals surface area contributed by atoms with Gasteiger partial charge in [-0.1, -0.05) is 0 Å². The van der Waals surface area contributed by atoms with Gasteiger partial charge in [0, 0.05) is 13.1 Å². The average Bonchev–Trinajstić information content (AvgIpc) is 2.27. The van der Waals surface area contributed by atoms with Gasteiger partial charge in [0.1, 0.15) is 6.54 Å². The van der Waals surface area contributed by atoms with Gasteiger partial charge in [0.05, 0.1) is 6.61 Å². The minimum atomic E-state index is -0.386. The fourth-order valence-electron chi connectivity index (χ4n) is 1.57.